The van der Waals surface area contributed by atoms with Gasteiger partial charge in [0.15, 0.2) is 0 Å². The lowest BCUT2D eigenvalue weighted by atomic mass is 10.1. The van der Waals surface area contributed by atoms with Gasteiger partial charge in [0.2, 0.25) is 11.1 Å². The SMILES string of the molecule is CC1(C)CC1CNc1nc(Cl)ncc1[N+](=O)[O-]. The van der Waals surface area contributed by atoms with E-state index in [0.29, 0.717) is 17.9 Å². The third-order valence-corrected chi connectivity index (χ3v) is 3.35. The summed E-state index contributed by atoms with van der Waals surface area (Å²) in [6, 6.07) is 0. The van der Waals surface area contributed by atoms with Crippen molar-refractivity contribution < 1.29 is 4.92 Å². The fraction of sp³-hybridized carbons (Fsp3) is 0.600. The smallest absolute Gasteiger partial charge is 0.329 e. The van der Waals surface area contributed by atoms with Crippen LogP contribution in [0.3, 0.4) is 0 Å². The zero-order valence-electron chi connectivity index (χ0n) is 9.61. The number of nitrogens with zero attached hydrogens (tertiary/aromatic N) is 3. The fourth-order valence-electron chi connectivity index (χ4n) is 1.76. The van der Waals surface area contributed by atoms with E-state index in [0.717, 1.165) is 12.6 Å². The van der Waals surface area contributed by atoms with E-state index < -0.39 is 4.92 Å². The third kappa shape index (κ3) is 2.63. The van der Waals surface area contributed by atoms with Crippen LogP contribution in [0.4, 0.5) is 11.5 Å². The maximum atomic E-state index is 10.8. The molecular formula is C10H13ClN4O2. The highest BCUT2D eigenvalue weighted by Crippen LogP contribution is 2.51. The van der Waals surface area contributed by atoms with Crippen LogP contribution < -0.4 is 5.32 Å². The van der Waals surface area contributed by atoms with Gasteiger partial charge in [0, 0.05) is 6.54 Å². The Morgan fingerprint density at radius 2 is 2.35 bits per heavy atom. The first-order valence-corrected chi connectivity index (χ1v) is 5.69. The molecule has 1 fully saturated rings. The van der Waals surface area contributed by atoms with Crippen molar-refractivity contribution in [1.29, 1.82) is 0 Å². The van der Waals surface area contributed by atoms with Gasteiger partial charge in [0.25, 0.3) is 0 Å². The van der Waals surface area contributed by atoms with E-state index in [-0.39, 0.29) is 16.8 Å². The second kappa shape index (κ2) is 4.10. The van der Waals surface area contributed by atoms with Gasteiger partial charge in [-0.2, -0.15) is 4.98 Å². The highest BCUT2D eigenvalue weighted by atomic mass is 35.5. The number of nitro groups is 1. The largest absolute Gasteiger partial charge is 0.364 e. The van der Waals surface area contributed by atoms with E-state index in [2.05, 4.69) is 29.1 Å². The van der Waals surface area contributed by atoms with Crippen molar-refractivity contribution in [2.75, 3.05) is 11.9 Å². The monoisotopic (exact) mass is 256 g/mol. The molecule has 1 atom stereocenters. The maximum absolute atomic E-state index is 10.8. The Bertz CT molecular complexity index is 464. The molecule has 92 valence electrons. The molecule has 0 bridgehead atoms. The summed E-state index contributed by atoms with van der Waals surface area (Å²) >= 11 is 5.62. The van der Waals surface area contributed by atoms with Gasteiger partial charge in [0.05, 0.1) is 4.92 Å². The second-order valence-corrected chi connectivity index (χ2v) is 5.24. The summed E-state index contributed by atoms with van der Waals surface area (Å²) in [6.07, 6.45) is 2.24. The molecule has 1 aromatic heterocycles. The van der Waals surface area contributed by atoms with Crippen LogP contribution in [0.5, 0.6) is 0 Å². The number of hydrogen-bond donors (Lipinski definition) is 1. The van der Waals surface area contributed by atoms with E-state index in [1.807, 2.05) is 0 Å². The summed E-state index contributed by atoms with van der Waals surface area (Å²) in [4.78, 5) is 17.7. The van der Waals surface area contributed by atoms with Gasteiger partial charge in [-0.1, -0.05) is 13.8 Å². The summed E-state index contributed by atoms with van der Waals surface area (Å²) in [5.74, 6) is 0.716. The number of nitrogens with one attached hydrogen (secondary N) is 1. The van der Waals surface area contributed by atoms with Crippen molar-refractivity contribution in [2.24, 2.45) is 11.3 Å². The first-order chi connectivity index (χ1) is 7.90. The molecule has 6 nitrogen and oxygen atoms in total. The molecule has 0 spiro atoms. The van der Waals surface area contributed by atoms with Crippen molar-refractivity contribution in [2.45, 2.75) is 20.3 Å². The zero-order valence-corrected chi connectivity index (χ0v) is 10.4. The Labute approximate surface area is 104 Å². The van der Waals surface area contributed by atoms with Gasteiger partial charge in [-0.15, -0.1) is 0 Å². The molecule has 1 aromatic rings. The summed E-state index contributed by atoms with van der Waals surface area (Å²) in [5, 5.41) is 13.7. The number of halogens is 1. The molecule has 1 aliphatic rings. The molecule has 0 saturated heterocycles. The summed E-state index contributed by atoms with van der Waals surface area (Å²) in [6.45, 7) is 5.00. The molecule has 7 heteroatoms. The Hall–Kier alpha value is -1.43. The molecule has 1 saturated carbocycles. The van der Waals surface area contributed by atoms with Crippen LogP contribution in [-0.4, -0.2) is 21.4 Å². The van der Waals surface area contributed by atoms with Gasteiger partial charge in [-0.25, -0.2) is 4.98 Å². The van der Waals surface area contributed by atoms with Crippen LogP contribution in [0, 0.1) is 21.4 Å². The molecule has 1 unspecified atom stereocenters. The molecule has 0 aromatic carbocycles. The fourth-order valence-corrected chi connectivity index (χ4v) is 1.90. The molecule has 17 heavy (non-hydrogen) atoms. The van der Waals surface area contributed by atoms with Gasteiger partial charge >= 0.3 is 5.69 Å². The van der Waals surface area contributed by atoms with Gasteiger partial charge in [-0.3, -0.25) is 10.1 Å². The molecule has 1 N–H and O–H groups in total. The minimum absolute atomic E-state index is 0.00755. The molecule has 2 rings (SSSR count). The standard InChI is InChI=1S/C10H13ClN4O2/c1-10(2)3-6(10)4-12-8-7(15(16)17)5-13-9(11)14-8/h5-6H,3-4H2,1-2H3,(H,12,13,14). The molecular weight excluding hydrogens is 244 g/mol. The molecule has 0 aliphatic heterocycles. The Morgan fingerprint density at radius 3 is 2.88 bits per heavy atom. The van der Waals surface area contributed by atoms with E-state index in [4.69, 9.17) is 11.6 Å². The van der Waals surface area contributed by atoms with Crippen molar-refractivity contribution in [3.05, 3.63) is 21.6 Å². The number of anilines is 1. The van der Waals surface area contributed by atoms with Crippen molar-refractivity contribution in [1.82, 2.24) is 9.97 Å². The van der Waals surface area contributed by atoms with Crippen molar-refractivity contribution in [3.8, 4) is 0 Å². The van der Waals surface area contributed by atoms with Crippen LogP contribution in [0.25, 0.3) is 0 Å². The number of hydrogen-bond acceptors (Lipinski definition) is 5. The highest BCUT2D eigenvalue weighted by Gasteiger charge is 2.45. The molecule has 0 radical (unpaired) electrons. The minimum Gasteiger partial charge on any atom is -0.364 e. The second-order valence-electron chi connectivity index (χ2n) is 4.90. The predicted octanol–water partition coefficient (Wildman–Crippen LogP) is 2.50. The lowest BCUT2D eigenvalue weighted by molar-refractivity contribution is -0.384. The van der Waals surface area contributed by atoms with Gasteiger partial charge in [0.1, 0.15) is 6.20 Å². The number of aromatic nitrogens is 2. The van der Waals surface area contributed by atoms with Crippen LogP contribution >= 0.6 is 11.6 Å². The summed E-state index contributed by atoms with van der Waals surface area (Å²) in [7, 11) is 0. The van der Waals surface area contributed by atoms with Crippen LogP contribution in [0.15, 0.2) is 6.20 Å². The van der Waals surface area contributed by atoms with Crippen LogP contribution in [-0.2, 0) is 0 Å². The zero-order chi connectivity index (χ0) is 12.6. The van der Waals surface area contributed by atoms with E-state index >= 15 is 0 Å². The number of rotatable bonds is 4. The van der Waals surface area contributed by atoms with Crippen molar-refractivity contribution in [3.63, 3.8) is 0 Å². The Morgan fingerprint density at radius 1 is 1.71 bits per heavy atom. The molecule has 1 heterocycles. The molecule has 1 aliphatic carbocycles. The lowest BCUT2D eigenvalue weighted by Crippen LogP contribution is -2.10. The van der Waals surface area contributed by atoms with Crippen molar-refractivity contribution >= 4 is 23.1 Å². The maximum Gasteiger partial charge on any atom is 0.329 e. The quantitative estimate of drug-likeness (QED) is 0.508. The average Bonchev–Trinajstić information content (AvgIpc) is 2.83. The topological polar surface area (TPSA) is 81.0 Å². The highest BCUT2D eigenvalue weighted by molar-refractivity contribution is 6.28. The normalized spacial score (nSPS) is 21.0. The lowest BCUT2D eigenvalue weighted by Gasteiger charge is -2.07. The Balaban J connectivity index is 2.09. The van der Waals surface area contributed by atoms with Gasteiger partial charge < -0.3 is 5.32 Å². The average molecular weight is 257 g/mol. The molecule has 0 amide bonds. The van der Waals surface area contributed by atoms with Crippen LogP contribution in [0.2, 0.25) is 5.28 Å². The van der Waals surface area contributed by atoms with Gasteiger partial charge in [-0.05, 0) is 29.4 Å². The first kappa shape index (κ1) is 12.0. The summed E-state index contributed by atoms with van der Waals surface area (Å²) in [5.41, 5.74) is 0.173. The third-order valence-electron chi connectivity index (χ3n) is 3.17. The Kier molecular flexibility index (Phi) is 2.91. The van der Waals surface area contributed by atoms with E-state index in [1.54, 1.807) is 0 Å². The van der Waals surface area contributed by atoms with E-state index in [9.17, 15) is 10.1 Å². The first-order valence-electron chi connectivity index (χ1n) is 5.31. The minimum atomic E-state index is -0.517. The predicted molar refractivity (Wildman–Crippen MR) is 64.1 cm³/mol. The van der Waals surface area contributed by atoms with E-state index in [1.165, 1.54) is 0 Å². The summed E-state index contributed by atoms with van der Waals surface area (Å²) < 4.78 is 0. The van der Waals surface area contributed by atoms with Crippen LogP contribution in [0.1, 0.15) is 20.3 Å².